The van der Waals surface area contributed by atoms with E-state index in [0.29, 0.717) is 0 Å². The van der Waals surface area contributed by atoms with Crippen LogP contribution in [-0.4, -0.2) is 0 Å². The summed E-state index contributed by atoms with van der Waals surface area (Å²) in [5, 5.41) is 0. The fraction of sp³-hybridized carbons (Fsp3) is 0.0968. The molecule has 1 heteroatoms. The zero-order chi connectivity index (χ0) is 22.2. The van der Waals surface area contributed by atoms with Crippen LogP contribution in [-0.2, 0) is 5.41 Å². The molecule has 0 atom stereocenters. The monoisotopic (exact) mass is 474 g/mol. The Hall–Kier alpha value is -3.16. The molecule has 0 aliphatic heterocycles. The van der Waals surface area contributed by atoms with Crippen LogP contribution in [0.4, 0.5) is 0 Å². The molecule has 0 fully saturated rings. The lowest BCUT2D eigenvalue weighted by Crippen LogP contribution is -2.15. The topological polar surface area (TPSA) is 0 Å². The van der Waals surface area contributed by atoms with E-state index in [0.717, 1.165) is 10.0 Å². The van der Waals surface area contributed by atoms with E-state index in [9.17, 15) is 0 Å². The Morgan fingerprint density at radius 3 is 2.09 bits per heavy atom. The number of benzene rings is 4. The van der Waals surface area contributed by atoms with Crippen LogP contribution in [0.15, 0.2) is 90.4 Å². The second-order valence-electron chi connectivity index (χ2n) is 9.25. The lowest BCUT2D eigenvalue weighted by molar-refractivity contribution is 0.660. The second-order valence-corrected chi connectivity index (χ2v) is 10.2. The normalized spacial score (nSPS) is 14.5. The van der Waals surface area contributed by atoms with Gasteiger partial charge in [0.25, 0.3) is 0 Å². The molecule has 0 amide bonds. The highest BCUT2D eigenvalue weighted by Gasteiger charge is 2.36. The summed E-state index contributed by atoms with van der Waals surface area (Å²) >= 11 is 3.66. The third kappa shape index (κ3) is 2.49. The number of fused-ring (bicyclic) bond motifs is 6. The van der Waals surface area contributed by atoms with E-state index in [4.69, 9.17) is 0 Å². The van der Waals surface area contributed by atoms with Crippen molar-refractivity contribution in [1.82, 2.24) is 0 Å². The number of halogens is 1. The average Bonchev–Trinajstić information content (AvgIpc) is 3.22. The van der Waals surface area contributed by atoms with Crippen LogP contribution in [0.25, 0.3) is 45.0 Å². The Morgan fingerprint density at radius 2 is 1.34 bits per heavy atom. The maximum absolute atomic E-state index is 4.44. The Balaban J connectivity index is 1.55. The third-order valence-corrected chi connectivity index (χ3v) is 7.74. The van der Waals surface area contributed by atoms with Crippen LogP contribution in [0, 0.1) is 0 Å². The summed E-state index contributed by atoms with van der Waals surface area (Å²) in [5.74, 6) is 0. The molecular weight excluding hydrogens is 452 g/mol. The lowest BCUT2D eigenvalue weighted by Gasteiger charge is -2.22. The van der Waals surface area contributed by atoms with Gasteiger partial charge < -0.3 is 0 Å². The fourth-order valence-electron chi connectivity index (χ4n) is 5.63. The molecule has 4 aromatic rings. The van der Waals surface area contributed by atoms with Crippen LogP contribution in [0.5, 0.6) is 0 Å². The van der Waals surface area contributed by atoms with Crippen molar-refractivity contribution >= 4 is 27.6 Å². The zero-order valence-electron chi connectivity index (χ0n) is 18.3. The van der Waals surface area contributed by atoms with E-state index in [1.807, 2.05) is 6.08 Å². The van der Waals surface area contributed by atoms with Gasteiger partial charge >= 0.3 is 0 Å². The number of rotatable bonds is 2. The molecule has 2 aliphatic carbocycles. The summed E-state index contributed by atoms with van der Waals surface area (Å²) in [6, 6.07) is 26.6. The molecular formula is C31H23Br. The maximum atomic E-state index is 4.44. The highest BCUT2D eigenvalue weighted by atomic mass is 79.9. The van der Waals surface area contributed by atoms with Gasteiger partial charge in [0.05, 0.1) is 0 Å². The van der Waals surface area contributed by atoms with Crippen LogP contribution >= 0.6 is 15.9 Å². The van der Waals surface area contributed by atoms with Gasteiger partial charge in [0.2, 0.25) is 0 Å². The fourth-order valence-corrected chi connectivity index (χ4v) is 5.99. The standard InChI is InChI=1S/C31H23Br/c1-5-21-23(14-15-27-24-9-7-6-8-22(24)18(2)30(21)27)19-10-12-25-26-13-11-20(32)17-29(26)31(3,4)28(25)16-19/h5-17H,1-2H2,3-4H3. The van der Waals surface area contributed by atoms with Crippen molar-refractivity contribution in [1.29, 1.82) is 0 Å². The predicted octanol–water partition coefficient (Wildman–Crippen LogP) is 9.11. The summed E-state index contributed by atoms with van der Waals surface area (Å²) < 4.78 is 1.13. The van der Waals surface area contributed by atoms with Gasteiger partial charge in [-0.1, -0.05) is 104 Å². The minimum Gasteiger partial charge on any atom is -0.0984 e. The van der Waals surface area contributed by atoms with E-state index < -0.39 is 0 Å². The highest BCUT2D eigenvalue weighted by molar-refractivity contribution is 9.10. The Labute approximate surface area is 198 Å². The minimum absolute atomic E-state index is 0.0463. The lowest BCUT2D eigenvalue weighted by atomic mass is 9.81. The van der Waals surface area contributed by atoms with Crippen molar-refractivity contribution in [3.05, 3.63) is 118 Å². The molecule has 0 radical (unpaired) electrons. The Bertz CT molecular complexity index is 1480. The van der Waals surface area contributed by atoms with Crippen molar-refractivity contribution in [3.8, 4) is 33.4 Å². The first kappa shape index (κ1) is 19.5. The first-order valence-electron chi connectivity index (χ1n) is 11.0. The van der Waals surface area contributed by atoms with Crippen molar-refractivity contribution in [2.75, 3.05) is 0 Å². The molecule has 0 aromatic heterocycles. The van der Waals surface area contributed by atoms with Gasteiger partial charge in [0, 0.05) is 9.89 Å². The van der Waals surface area contributed by atoms with E-state index in [1.54, 1.807) is 0 Å². The first-order chi connectivity index (χ1) is 15.4. The molecule has 154 valence electrons. The van der Waals surface area contributed by atoms with Crippen molar-refractivity contribution in [2.45, 2.75) is 19.3 Å². The molecule has 0 bridgehead atoms. The number of hydrogen-bond acceptors (Lipinski definition) is 0. The van der Waals surface area contributed by atoms with Crippen LogP contribution in [0.2, 0.25) is 0 Å². The van der Waals surface area contributed by atoms with Gasteiger partial charge in [0.1, 0.15) is 0 Å². The molecule has 0 N–H and O–H groups in total. The molecule has 32 heavy (non-hydrogen) atoms. The summed E-state index contributed by atoms with van der Waals surface area (Å²) in [5.41, 5.74) is 15.0. The van der Waals surface area contributed by atoms with Gasteiger partial charge in [-0.05, 0) is 85.0 Å². The zero-order valence-corrected chi connectivity index (χ0v) is 19.9. The summed E-state index contributed by atoms with van der Waals surface area (Å²) in [6.45, 7) is 13.3. The van der Waals surface area contributed by atoms with Gasteiger partial charge in [0.15, 0.2) is 0 Å². The van der Waals surface area contributed by atoms with Gasteiger partial charge in [-0.2, -0.15) is 0 Å². The smallest absolute Gasteiger partial charge is 0.0178 e. The van der Waals surface area contributed by atoms with Crippen molar-refractivity contribution in [3.63, 3.8) is 0 Å². The highest BCUT2D eigenvalue weighted by Crippen LogP contribution is 2.52. The first-order valence-corrected chi connectivity index (χ1v) is 11.7. The van der Waals surface area contributed by atoms with Crippen molar-refractivity contribution in [2.24, 2.45) is 0 Å². The minimum atomic E-state index is -0.0463. The van der Waals surface area contributed by atoms with E-state index in [2.05, 4.69) is 116 Å². The molecule has 0 saturated carbocycles. The van der Waals surface area contributed by atoms with Gasteiger partial charge in [-0.15, -0.1) is 0 Å². The van der Waals surface area contributed by atoms with Crippen LogP contribution < -0.4 is 0 Å². The average molecular weight is 475 g/mol. The Morgan fingerprint density at radius 1 is 0.719 bits per heavy atom. The third-order valence-electron chi connectivity index (χ3n) is 7.24. The van der Waals surface area contributed by atoms with Crippen LogP contribution in [0.1, 0.15) is 41.7 Å². The van der Waals surface area contributed by atoms with E-state index in [1.165, 1.54) is 61.2 Å². The summed E-state index contributed by atoms with van der Waals surface area (Å²) in [6.07, 6.45) is 2.00. The van der Waals surface area contributed by atoms with E-state index >= 15 is 0 Å². The maximum Gasteiger partial charge on any atom is 0.0178 e. The largest absolute Gasteiger partial charge is 0.0984 e. The predicted molar refractivity (Wildman–Crippen MR) is 141 cm³/mol. The van der Waals surface area contributed by atoms with Crippen LogP contribution in [0.3, 0.4) is 0 Å². The molecule has 0 unspecified atom stereocenters. The summed E-state index contributed by atoms with van der Waals surface area (Å²) in [4.78, 5) is 0. The second kappa shape index (κ2) is 6.67. The molecule has 0 nitrogen and oxygen atoms in total. The van der Waals surface area contributed by atoms with Crippen molar-refractivity contribution < 1.29 is 0 Å². The Kier molecular flexibility index (Phi) is 4.07. The van der Waals surface area contributed by atoms with E-state index in [-0.39, 0.29) is 5.41 Å². The molecule has 2 aliphatic rings. The summed E-state index contributed by atoms with van der Waals surface area (Å²) in [7, 11) is 0. The number of hydrogen-bond donors (Lipinski definition) is 0. The van der Waals surface area contributed by atoms with Gasteiger partial charge in [-0.25, -0.2) is 0 Å². The SMILES string of the molecule is C=Cc1c(-c2ccc3c(c2)C(C)(C)c2cc(Br)ccc2-3)ccc2c1C(=C)c1ccccc1-2. The quantitative estimate of drug-likeness (QED) is 0.239. The molecule has 0 spiro atoms. The molecule has 4 aromatic carbocycles. The molecule has 0 heterocycles. The molecule has 0 saturated heterocycles. The van der Waals surface area contributed by atoms with Gasteiger partial charge in [-0.3, -0.25) is 0 Å². The molecule has 6 rings (SSSR count).